The van der Waals surface area contributed by atoms with Gasteiger partial charge in [-0.1, -0.05) is 130 Å². The third kappa shape index (κ3) is 2.87. The zero-order valence-electron chi connectivity index (χ0n) is 28.5. The van der Waals surface area contributed by atoms with Crippen molar-refractivity contribution < 1.29 is 0 Å². The molecule has 0 saturated heterocycles. The summed E-state index contributed by atoms with van der Waals surface area (Å²) in [5.41, 5.74) is 17.6. The van der Waals surface area contributed by atoms with Crippen LogP contribution in [0.4, 0.5) is 5.69 Å². The van der Waals surface area contributed by atoms with Crippen molar-refractivity contribution in [2.45, 2.75) is 69.7 Å². The number of aromatic nitrogens is 1. The molecule has 0 radical (unpaired) electrons. The molecule has 5 heterocycles. The Bertz CT molecular complexity index is 2690. The smallest absolute Gasteiger partial charge is 0.261 e. The van der Waals surface area contributed by atoms with Crippen molar-refractivity contribution in [3.63, 3.8) is 0 Å². The summed E-state index contributed by atoms with van der Waals surface area (Å²) in [5.74, 6) is 0. The quantitative estimate of drug-likeness (QED) is 0.161. The maximum Gasteiger partial charge on any atom is 0.261 e. The summed E-state index contributed by atoms with van der Waals surface area (Å²) < 4.78 is 5.62. The standard InChI is InChI=1S/C45H37BN2S/c1-43(2)32-21-10-8-18-29(32)37-41(43)46-35-36-31(25-33-39(35)48(37)45(4)24-13-12-23-44(33,45)3)28-17-9-11-22-34(28)47(36)38-30-20-14-19-27(40(30)49-42(38)46)26-15-6-5-7-16-26/h5-11,14-22,25H,12-13,23-24H2,1-4H3. The first kappa shape index (κ1) is 27.3. The van der Waals surface area contributed by atoms with E-state index < -0.39 is 0 Å². The molecule has 0 spiro atoms. The molecule has 2 aromatic heterocycles. The molecule has 7 aromatic rings. The van der Waals surface area contributed by atoms with E-state index in [0.717, 1.165) is 0 Å². The van der Waals surface area contributed by atoms with Gasteiger partial charge in [0.15, 0.2) is 0 Å². The highest BCUT2D eigenvalue weighted by atomic mass is 32.1. The van der Waals surface area contributed by atoms with E-state index in [-0.39, 0.29) is 23.1 Å². The van der Waals surface area contributed by atoms with Gasteiger partial charge in [0.05, 0.1) is 22.3 Å². The fourth-order valence-electron chi connectivity index (χ4n) is 11.6. The lowest BCUT2D eigenvalue weighted by atomic mass is 9.33. The second kappa shape index (κ2) is 8.60. The molecule has 3 aliphatic heterocycles. The van der Waals surface area contributed by atoms with Crippen LogP contribution in [0.25, 0.3) is 54.4 Å². The van der Waals surface area contributed by atoms with E-state index in [1.54, 1.807) is 16.5 Å². The van der Waals surface area contributed by atoms with E-state index in [1.807, 2.05) is 0 Å². The lowest BCUT2D eigenvalue weighted by Gasteiger charge is -2.52. The summed E-state index contributed by atoms with van der Waals surface area (Å²) in [6, 6.07) is 39.4. The van der Waals surface area contributed by atoms with Gasteiger partial charge in [-0.3, -0.25) is 0 Å². The van der Waals surface area contributed by atoms with Crippen LogP contribution in [0, 0.1) is 0 Å². The van der Waals surface area contributed by atoms with Crippen LogP contribution in [0.3, 0.4) is 0 Å². The van der Waals surface area contributed by atoms with Crippen LogP contribution in [0.2, 0.25) is 0 Å². The molecule has 5 aliphatic rings. The van der Waals surface area contributed by atoms with Gasteiger partial charge in [-0.2, -0.15) is 0 Å². The van der Waals surface area contributed by atoms with Crippen molar-refractivity contribution in [2.75, 3.05) is 4.90 Å². The third-order valence-corrected chi connectivity index (χ3v) is 15.2. The molecule has 0 N–H and O–H groups in total. The van der Waals surface area contributed by atoms with Gasteiger partial charge < -0.3 is 9.47 Å². The van der Waals surface area contributed by atoms with Gasteiger partial charge in [0, 0.05) is 53.4 Å². The van der Waals surface area contributed by atoms with E-state index in [0.29, 0.717) is 0 Å². The van der Waals surface area contributed by atoms with Gasteiger partial charge in [0.1, 0.15) is 0 Å². The van der Waals surface area contributed by atoms with Crippen molar-refractivity contribution in [3.8, 4) is 16.8 Å². The van der Waals surface area contributed by atoms with Crippen LogP contribution < -0.4 is 15.1 Å². The number of para-hydroxylation sites is 1. The summed E-state index contributed by atoms with van der Waals surface area (Å²) in [6.45, 7) is 10.5. The SMILES string of the molecule is CC1(C)C2=C(c3ccccc31)N1c3c(cc4c5ccccc5n5c4c3B2c2sc3c(-c4ccccc4)cccc3c2-5)C2(C)CCCCC12C. The van der Waals surface area contributed by atoms with Gasteiger partial charge in [-0.05, 0) is 59.6 Å². The number of thiophene rings is 1. The Balaban J connectivity index is 1.32. The van der Waals surface area contributed by atoms with Gasteiger partial charge in [0.25, 0.3) is 6.71 Å². The average molecular weight is 649 g/mol. The molecule has 0 bridgehead atoms. The Labute approximate surface area is 291 Å². The largest absolute Gasteiger partial charge is 0.335 e. The van der Waals surface area contributed by atoms with Crippen LogP contribution in [-0.2, 0) is 10.8 Å². The summed E-state index contributed by atoms with van der Waals surface area (Å²) in [6.07, 6.45) is 5.06. The number of rotatable bonds is 1. The topological polar surface area (TPSA) is 8.17 Å². The summed E-state index contributed by atoms with van der Waals surface area (Å²) in [4.78, 5) is 2.94. The molecule has 0 amide bonds. The van der Waals surface area contributed by atoms with Gasteiger partial charge >= 0.3 is 0 Å². The van der Waals surface area contributed by atoms with Crippen molar-refractivity contribution in [2.24, 2.45) is 0 Å². The van der Waals surface area contributed by atoms with Crippen LogP contribution in [-0.4, -0.2) is 16.8 Å². The van der Waals surface area contributed by atoms with E-state index in [1.165, 1.54) is 102 Å². The predicted octanol–water partition coefficient (Wildman–Crippen LogP) is 10.3. The Morgan fingerprint density at radius 2 is 1.41 bits per heavy atom. The Morgan fingerprint density at radius 3 is 2.29 bits per heavy atom. The van der Waals surface area contributed by atoms with Gasteiger partial charge in [-0.25, -0.2) is 0 Å². The monoisotopic (exact) mass is 648 g/mol. The predicted molar refractivity (Wildman–Crippen MR) is 210 cm³/mol. The first-order chi connectivity index (χ1) is 23.8. The van der Waals surface area contributed by atoms with Crippen molar-refractivity contribution >= 4 is 71.6 Å². The van der Waals surface area contributed by atoms with E-state index in [9.17, 15) is 0 Å². The van der Waals surface area contributed by atoms with Crippen molar-refractivity contribution in [1.29, 1.82) is 0 Å². The normalized spacial score (nSPS) is 23.8. The first-order valence-electron chi connectivity index (χ1n) is 18.2. The number of allylic oxidation sites excluding steroid dienone is 1. The van der Waals surface area contributed by atoms with Crippen LogP contribution in [0.1, 0.15) is 70.1 Å². The molecule has 5 aromatic carbocycles. The summed E-state index contributed by atoms with van der Waals surface area (Å²) in [5, 5.41) is 4.20. The number of nitrogens with zero attached hydrogens (tertiary/aromatic N) is 2. The molecule has 236 valence electrons. The molecule has 1 saturated carbocycles. The zero-order chi connectivity index (χ0) is 32.6. The highest BCUT2D eigenvalue weighted by Crippen LogP contribution is 2.66. The first-order valence-corrected chi connectivity index (χ1v) is 19.0. The van der Waals surface area contributed by atoms with Crippen LogP contribution in [0.15, 0.2) is 109 Å². The lowest BCUT2D eigenvalue weighted by Crippen LogP contribution is -2.60. The van der Waals surface area contributed by atoms with Crippen molar-refractivity contribution in [3.05, 3.63) is 125 Å². The maximum atomic E-state index is 2.94. The molecule has 4 heteroatoms. The summed E-state index contributed by atoms with van der Waals surface area (Å²) in [7, 11) is 0. The van der Waals surface area contributed by atoms with Crippen molar-refractivity contribution in [1.82, 2.24) is 4.57 Å². The molecule has 2 nitrogen and oxygen atoms in total. The van der Waals surface area contributed by atoms with Crippen LogP contribution >= 0.6 is 11.3 Å². The Kier molecular flexibility index (Phi) is 4.79. The van der Waals surface area contributed by atoms with Gasteiger partial charge in [0.2, 0.25) is 0 Å². The van der Waals surface area contributed by atoms with E-state index in [2.05, 4.69) is 152 Å². The highest BCUT2D eigenvalue weighted by Gasteiger charge is 2.64. The van der Waals surface area contributed by atoms with Gasteiger partial charge in [-0.15, -0.1) is 11.3 Å². The molecule has 12 rings (SSSR count). The zero-order valence-corrected chi connectivity index (χ0v) is 29.3. The lowest BCUT2D eigenvalue weighted by molar-refractivity contribution is 0.195. The van der Waals surface area contributed by atoms with E-state index >= 15 is 0 Å². The molecule has 2 unspecified atom stereocenters. The number of hydrogen-bond donors (Lipinski definition) is 0. The number of fused-ring (bicyclic) bond motifs is 15. The minimum Gasteiger partial charge on any atom is -0.335 e. The highest BCUT2D eigenvalue weighted by molar-refractivity contribution is 7.33. The second-order valence-corrected chi connectivity index (χ2v) is 17.4. The minimum atomic E-state index is -0.107. The molecular formula is C45H37BN2S. The minimum absolute atomic E-state index is 0.0174. The molecule has 2 atom stereocenters. The average Bonchev–Trinajstić information content (AvgIpc) is 3.80. The van der Waals surface area contributed by atoms with E-state index in [4.69, 9.17) is 0 Å². The number of benzene rings is 5. The molecule has 1 fully saturated rings. The second-order valence-electron chi connectivity index (χ2n) is 16.3. The fraction of sp³-hybridized carbons (Fsp3) is 0.244. The Hall–Kier alpha value is -4.54. The third-order valence-electron chi connectivity index (χ3n) is 13.9. The number of hydrogen-bond acceptors (Lipinski definition) is 2. The summed E-state index contributed by atoms with van der Waals surface area (Å²) >= 11 is 2.06. The fourth-order valence-corrected chi connectivity index (χ4v) is 13.0. The molecule has 2 aliphatic carbocycles. The Morgan fingerprint density at radius 1 is 0.673 bits per heavy atom. The molecular weight excluding hydrogens is 611 g/mol. The maximum absolute atomic E-state index is 2.94. The number of anilines is 1. The molecule has 49 heavy (non-hydrogen) atoms. The van der Waals surface area contributed by atoms with Crippen LogP contribution in [0.5, 0.6) is 0 Å².